The van der Waals surface area contributed by atoms with Crippen molar-refractivity contribution in [3.05, 3.63) is 59.7 Å². The van der Waals surface area contributed by atoms with Gasteiger partial charge in [0.1, 0.15) is 6.04 Å². The number of rotatable bonds is 17. The minimum absolute atomic E-state index is 0.215. The Morgan fingerprint density at radius 3 is 1.45 bits per heavy atom. The average molecular weight is 609 g/mol. The molecule has 7 nitrogen and oxygen atoms in total. The van der Waals surface area contributed by atoms with Crippen LogP contribution in [0.3, 0.4) is 0 Å². The predicted molar refractivity (Wildman–Crippen MR) is 160 cm³/mol. The molecule has 212 valence electrons. The van der Waals surface area contributed by atoms with E-state index in [4.69, 9.17) is 62.4 Å². The molecule has 0 aliphatic rings. The topological polar surface area (TPSA) is 107 Å². The Morgan fingerprint density at radius 1 is 0.711 bits per heavy atom. The van der Waals surface area contributed by atoms with E-state index >= 15 is 0 Å². The summed E-state index contributed by atoms with van der Waals surface area (Å²) >= 11 is 23.0. The molecule has 1 atom stereocenters. The van der Waals surface area contributed by atoms with E-state index in [2.05, 4.69) is 9.80 Å². The molecule has 4 N–H and O–H groups in total. The zero-order valence-electron chi connectivity index (χ0n) is 21.4. The zero-order chi connectivity index (χ0) is 28.3. The Labute approximate surface area is 245 Å². The van der Waals surface area contributed by atoms with Crippen molar-refractivity contribution in [1.82, 2.24) is 0 Å². The first-order valence-corrected chi connectivity index (χ1v) is 14.5. The van der Waals surface area contributed by atoms with E-state index in [-0.39, 0.29) is 6.42 Å². The van der Waals surface area contributed by atoms with Gasteiger partial charge in [-0.3, -0.25) is 9.59 Å². The van der Waals surface area contributed by atoms with Crippen LogP contribution in [0.4, 0.5) is 11.4 Å². The van der Waals surface area contributed by atoms with Crippen molar-refractivity contribution in [2.24, 2.45) is 5.73 Å². The number of carboxylic acids is 2. The van der Waals surface area contributed by atoms with Gasteiger partial charge in [-0.05, 0) is 54.7 Å². The second-order valence-corrected chi connectivity index (χ2v) is 9.97. The fourth-order valence-corrected chi connectivity index (χ4v) is 4.47. The van der Waals surface area contributed by atoms with Crippen molar-refractivity contribution in [2.75, 3.05) is 59.5 Å². The summed E-state index contributed by atoms with van der Waals surface area (Å²) in [5.41, 5.74) is 9.67. The molecule has 0 saturated heterocycles. The van der Waals surface area contributed by atoms with Gasteiger partial charge in [0, 0.05) is 67.5 Å². The summed E-state index contributed by atoms with van der Waals surface area (Å²) in [5.74, 6) is 0.460. The normalized spacial score (nSPS) is 11.3. The summed E-state index contributed by atoms with van der Waals surface area (Å²) in [6.45, 7) is 2.99. The third-order valence-electron chi connectivity index (χ3n) is 5.65. The van der Waals surface area contributed by atoms with Crippen molar-refractivity contribution in [1.29, 1.82) is 0 Å². The smallest absolute Gasteiger partial charge is 0.320 e. The van der Waals surface area contributed by atoms with Gasteiger partial charge in [-0.2, -0.15) is 0 Å². The van der Waals surface area contributed by atoms with Gasteiger partial charge < -0.3 is 25.7 Å². The third kappa shape index (κ3) is 13.8. The van der Waals surface area contributed by atoms with Crippen molar-refractivity contribution in [3.8, 4) is 0 Å². The molecule has 38 heavy (non-hydrogen) atoms. The lowest BCUT2D eigenvalue weighted by atomic mass is 10.1. The maximum atomic E-state index is 10.7. The van der Waals surface area contributed by atoms with Gasteiger partial charge in [0.05, 0.1) is 0 Å². The number of aliphatic carboxylic acids is 2. The first kappa shape index (κ1) is 34.1. The number of anilines is 2. The monoisotopic (exact) mass is 607 g/mol. The molecule has 2 aromatic carbocycles. The number of halogens is 4. The highest BCUT2D eigenvalue weighted by Gasteiger charge is 2.12. The molecule has 0 saturated carbocycles. The molecule has 0 fully saturated rings. The number of aryl methyl sites for hydroxylation is 1. The van der Waals surface area contributed by atoms with E-state index in [1.807, 2.05) is 48.5 Å². The predicted octanol–water partition coefficient (Wildman–Crippen LogP) is 5.30. The van der Waals surface area contributed by atoms with Crippen molar-refractivity contribution in [2.45, 2.75) is 31.7 Å². The first-order valence-electron chi connectivity index (χ1n) is 12.4. The lowest BCUT2D eigenvalue weighted by Crippen LogP contribution is -2.32. The minimum atomic E-state index is -0.991. The van der Waals surface area contributed by atoms with Gasteiger partial charge >= 0.3 is 11.9 Å². The largest absolute Gasteiger partial charge is 0.481 e. The fraction of sp³-hybridized carbons (Fsp3) is 0.481. The Balaban J connectivity index is 0.000000380. The molecule has 0 aromatic heterocycles. The molecule has 0 aliphatic heterocycles. The molecule has 0 bridgehead atoms. The van der Waals surface area contributed by atoms with Gasteiger partial charge in [0.15, 0.2) is 0 Å². The molecule has 0 aliphatic carbocycles. The summed E-state index contributed by atoms with van der Waals surface area (Å²) in [7, 11) is 0. The Bertz CT molecular complexity index is 921. The number of carbonyl (C=O) groups is 2. The van der Waals surface area contributed by atoms with E-state index in [0.29, 0.717) is 36.4 Å². The van der Waals surface area contributed by atoms with E-state index < -0.39 is 18.0 Å². The van der Waals surface area contributed by atoms with Crippen molar-refractivity contribution in [3.63, 3.8) is 0 Å². The Morgan fingerprint density at radius 2 is 1.11 bits per heavy atom. The molecule has 11 heteroatoms. The molecule has 0 spiro atoms. The summed E-state index contributed by atoms with van der Waals surface area (Å²) in [6, 6.07) is 14.9. The number of nitrogens with zero attached hydrogens (tertiary/aromatic N) is 2. The second kappa shape index (κ2) is 20.1. The summed E-state index contributed by atoms with van der Waals surface area (Å²) in [4.78, 5) is 25.4. The van der Waals surface area contributed by atoms with Crippen LogP contribution in [0.15, 0.2) is 48.5 Å². The van der Waals surface area contributed by atoms with Crippen LogP contribution >= 0.6 is 46.4 Å². The van der Waals surface area contributed by atoms with Crippen LogP contribution in [0.25, 0.3) is 0 Å². The van der Waals surface area contributed by atoms with Crippen LogP contribution in [0, 0.1) is 0 Å². The van der Waals surface area contributed by atoms with Crippen LogP contribution in [0.2, 0.25) is 0 Å². The Hall–Kier alpha value is -1.90. The second-order valence-electron chi connectivity index (χ2n) is 8.46. The van der Waals surface area contributed by atoms with Crippen LogP contribution in [-0.4, -0.2) is 77.9 Å². The highest BCUT2D eigenvalue weighted by molar-refractivity contribution is 6.19. The standard InChI is InChI=1S/C14H19Cl2NO2.C13H18Cl2N2O2/c15-8-10-17(11-9-16)13-6-4-12(5-7-13)2-1-3-14(18)19;14-5-7-17(8-6-15)11-3-1-10(2-4-11)9-12(16)13(18)19/h4-7H,1-3,8-11H2,(H,18,19);1-4,12H,5-9,16H2,(H,18,19)/t;12-/m.0/s1. The van der Waals surface area contributed by atoms with E-state index in [0.717, 1.165) is 55.1 Å². The molecular weight excluding hydrogens is 572 g/mol. The van der Waals surface area contributed by atoms with E-state index in [1.54, 1.807) is 0 Å². The number of benzene rings is 2. The quantitative estimate of drug-likeness (QED) is 0.209. The number of hydrogen-bond donors (Lipinski definition) is 3. The van der Waals surface area contributed by atoms with Gasteiger partial charge in [0.2, 0.25) is 0 Å². The van der Waals surface area contributed by atoms with E-state index in [9.17, 15) is 9.59 Å². The van der Waals surface area contributed by atoms with Crippen molar-refractivity contribution < 1.29 is 19.8 Å². The number of carboxylic acid groups (broad SMARTS) is 2. The van der Waals surface area contributed by atoms with Crippen LogP contribution in [0.1, 0.15) is 24.0 Å². The Kier molecular flexibility index (Phi) is 18.0. The van der Waals surface area contributed by atoms with Gasteiger partial charge in [-0.1, -0.05) is 24.3 Å². The van der Waals surface area contributed by atoms with Gasteiger partial charge in [0.25, 0.3) is 0 Å². The lowest BCUT2D eigenvalue weighted by molar-refractivity contribution is -0.139. The summed E-state index contributed by atoms with van der Waals surface area (Å²) in [5, 5.41) is 17.4. The van der Waals surface area contributed by atoms with Crippen molar-refractivity contribution >= 4 is 69.7 Å². The maximum Gasteiger partial charge on any atom is 0.320 e. The summed E-state index contributed by atoms with van der Waals surface area (Å²) in [6.07, 6.45) is 1.99. The molecular formula is C27H37Cl4N3O4. The number of nitrogens with two attached hydrogens (primary N) is 1. The molecule has 0 radical (unpaired) electrons. The number of alkyl halides is 4. The average Bonchev–Trinajstić information content (AvgIpc) is 2.89. The van der Waals surface area contributed by atoms with Crippen LogP contribution in [-0.2, 0) is 22.4 Å². The molecule has 0 amide bonds. The van der Waals surface area contributed by atoms with E-state index in [1.165, 1.54) is 0 Å². The van der Waals surface area contributed by atoms with Crippen LogP contribution in [0.5, 0.6) is 0 Å². The fourth-order valence-electron chi connectivity index (χ4n) is 3.65. The SMILES string of the molecule is N[C@@H](Cc1ccc(N(CCCl)CCCl)cc1)C(=O)O.O=C(O)CCCc1ccc(N(CCCl)CCCl)cc1. The highest BCUT2D eigenvalue weighted by atomic mass is 35.5. The first-order chi connectivity index (χ1) is 18.2. The van der Waals surface area contributed by atoms with Gasteiger partial charge in [-0.25, -0.2) is 0 Å². The molecule has 0 heterocycles. The van der Waals surface area contributed by atoms with Gasteiger partial charge in [-0.15, -0.1) is 46.4 Å². The third-order valence-corrected chi connectivity index (χ3v) is 6.33. The minimum Gasteiger partial charge on any atom is -0.481 e. The molecule has 2 rings (SSSR count). The maximum absolute atomic E-state index is 10.7. The molecule has 2 aromatic rings. The summed E-state index contributed by atoms with van der Waals surface area (Å²) < 4.78 is 0. The number of hydrogen-bond acceptors (Lipinski definition) is 5. The highest BCUT2D eigenvalue weighted by Crippen LogP contribution is 2.18. The molecule has 0 unspecified atom stereocenters. The zero-order valence-corrected chi connectivity index (χ0v) is 24.4. The lowest BCUT2D eigenvalue weighted by Gasteiger charge is -2.23. The van der Waals surface area contributed by atoms with Crippen LogP contribution < -0.4 is 15.5 Å².